The minimum absolute atomic E-state index is 0.189. The van der Waals surface area contributed by atoms with Crippen LogP contribution in [0.2, 0.25) is 0 Å². The van der Waals surface area contributed by atoms with Gasteiger partial charge in [-0.05, 0) is 54.3 Å². The lowest BCUT2D eigenvalue weighted by molar-refractivity contribution is 0.102. The van der Waals surface area contributed by atoms with Gasteiger partial charge in [-0.2, -0.15) is 4.31 Å². The molecule has 6 nitrogen and oxygen atoms in total. The summed E-state index contributed by atoms with van der Waals surface area (Å²) in [5.74, 6) is -0.266. The van der Waals surface area contributed by atoms with Crippen molar-refractivity contribution in [3.8, 4) is 11.1 Å². The maximum atomic E-state index is 13.1. The van der Waals surface area contributed by atoms with Crippen molar-refractivity contribution in [2.75, 3.05) is 36.4 Å². The van der Waals surface area contributed by atoms with Gasteiger partial charge in [0.15, 0.2) is 0 Å². The standard InChI is InChI=1S/C27H31N3O3S/c1-3-30(4-2)34(32,33)24-16-17-26(29-18-8-9-19-29)25(20-24)28-27(31)23-14-12-22(13-15-23)21-10-6-5-7-11-21/h5-7,10-17,20H,3-4,8-9,18-19H2,1-2H3,(H,28,31). The number of benzene rings is 3. The van der Waals surface area contributed by atoms with Crippen LogP contribution in [0.5, 0.6) is 0 Å². The van der Waals surface area contributed by atoms with Crippen LogP contribution in [0, 0.1) is 0 Å². The van der Waals surface area contributed by atoms with E-state index < -0.39 is 10.0 Å². The second-order valence-electron chi connectivity index (χ2n) is 8.36. The van der Waals surface area contributed by atoms with Crippen LogP contribution in [0.15, 0.2) is 77.7 Å². The Kier molecular flexibility index (Phi) is 7.34. The molecule has 1 amide bonds. The number of carbonyl (C=O) groups excluding carboxylic acids is 1. The lowest BCUT2D eigenvalue weighted by Crippen LogP contribution is -2.31. The van der Waals surface area contributed by atoms with Crippen LogP contribution in [0.3, 0.4) is 0 Å². The summed E-state index contributed by atoms with van der Waals surface area (Å²) in [6.45, 7) is 6.20. The van der Waals surface area contributed by atoms with Crippen LogP contribution in [0.4, 0.5) is 11.4 Å². The Bertz CT molecular complexity index is 1230. The van der Waals surface area contributed by atoms with E-state index in [4.69, 9.17) is 0 Å². The number of nitrogens with zero attached hydrogens (tertiary/aromatic N) is 2. The molecule has 1 fully saturated rings. The van der Waals surface area contributed by atoms with E-state index in [0.29, 0.717) is 24.3 Å². The molecule has 0 unspecified atom stereocenters. The van der Waals surface area contributed by atoms with Crippen molar-refractivity contribution in [1.82, 2.24) is 4.31 Å². The predicted octanol–water partition coefficient (Wildman–Crippen LogP) is 5.24. The third-order valence-electron chi connectivity index (χ3n) is 6.26. The van der Waals surface area contributed by atoms with E-state index in [2.05, 4.69) is 10.2 Å². The number of carbonyl (C=O) groups is 1. The molecule has 0 spiro atoms. The van der Waals surface area contributed by atoms with Gasteiger partial charge < -0.3 is 10.2 Å². The van der Waals surface area contributed by atoms with Crippen molar-refractivity contribution in [2.45, 2.75) is 31.6 Å². The molecular formula is C27H31N3O3S. The molecule has 0 saturated carbocycles. The molecule has 4 rings (SSSR count). The summed E-state index contributed by atoms with van der Waals surface area (Å²) in [5, 5.41) is 2.99. The van der Waals surface area contributed by atoms with E-state index in [9.17, 15) is 13.2 Å². The molecule has 0 aliphatic carbocycles. The number of anilines is 2. The van der Waals surface area contributed by atoms with Gasteiger partial charge in [0.25, 0.3) is 5.91 Å². The highest BCUT2D eigenvalue weighted by Gasteiger charge is 2.25. The molecule has 0 bridgehead atoms. The van der Waals surface area contributed by atoms with Crippen LogP contribution in [0.1, 0.15) is 37.0 Å². The number of amides is 1. The predicted molar refractivity (Wildman–Crippen MR) is 138 cm³/mol. The van der Waals surface area contributed by atoms with Crippen LogP contribution >= 0.6 is 0 Å². The zero-order chi connectivity index (χ0) is 24.1. The Morgan fingerprint density at radius 3 is 2.12 bits per heavy atom. The highest BCUT2D eigenvalue weighted by atomic mass is 32.2. The van der Waals surface area contributed by atoms with E-state index in [1.165, 1.54) is 4.31 Å². The molecule has 0 radical (unpaired) electrons. The van der Waals surface area contributed by atoms with E-state index in [0.717, 1.165) is 42.7 Å². The lowest BCUT2D eigenvalue weighted by Gasteiger charge is -2.24. The van der Waals surface area contributed by atoms with Crippen LogP contribution in [-0.4, -0.2) is 44.8 Å². The summed E-state index contributed by atoms with van der Waals surface area (Å²) in [6.07, 6.45) is 2.15. The van der Waals surface area contributed by atoms with Gasteiger partial charge in [0.2, 0.25) is 10.0 Å². The molecule has 1 aliphatic rings. The van der Waals surface area contributed by atoms with Crippen molar-refractivity contribution < 1.29 is 13.2 Å². The monoisotopic (exact) mass is 477 g/mol. The Labute approximate surface area is 202 Å². The molecule has 1 heterocycles. The van der Waals surface area contributed by atoms with Gasteiger partial charge in [-0.15, -0.1) is 0 Å². The smallest absolute Gasteiger partial charge is 0.255 e. The summed E-state index contributed by atoms with van der Waals surface area (Å²) < 4.78 is 27.6. The first kappa shape index (κ1) is 24.0. The number of sulfonamides is 1. The zero-order valence-corrected chi connectivity index (χ0v) is 20.5. The van der Waals surface area contributed by atoms with Gasteiger partial charge in [-0.25, -0.2) is 8.42 Å². The topological polar surface area (TPSA) is 69.7 Å². The molecule has 178 valence electrons. The molecular weight excluding hydrogens is 446 g/mol. The highest BCUT2D eigenvalue weighted by molar-refractivity contribution is 7.89. The fourth-order valence-corrected chi connectivity index (χ4v) is 5.85. The maximum Gasteiger partial charge on any atom is 0.255 e. The summed E-state index contributed by atoms with van der Waals surface area (Å²) in [6, 6.07) is 22.5. The number of nitrogens with one attached hydrogen (secondary N) is 1. The van der Waals surface area contributed by atoms with Crippen LogP contribution in [0.25, 0.3) is 11.1 Å². The average Bonchev–Trinajstić information content (AvgIpc) is 3.40. The van der Waals surface area contributed by atoms with Gasteiger partial charge in [-0.3, -0.25) is 4.79 Å². The Hall–Kier alpha value is -3.16. The fraction of sp³-hybridized carbons (Fsp3) is 0.296. The van der Waals surface area contributed by atoms with Crippen LogP contribution < -0.4 is 10.2 Å². The third-order valence-corrected chi connectivity index (χ3v) is 8.31. The normalized spacial score (nSPS) is 13.9. The summed E-state index contributed by atoms with van der Waals surface area (Å²) in [4.78, 5) is 15.5. The van der Waals surface area contributed by atoms with Crippen molar-refractivity contribution in [1.29, 1.82) is 0 Å². The second-order valence-corrected chi connectivity index (χ2v) is 10.3. The van der Waals surface area contributed by atoms with Crippen molar-refractivity contribution >= 4 is 27.3 Å². The average molecular weight is 478 g/mol. The minimum atomic E-state index is -3.64. The second kappa shape index (κ2) is 10.4. The highest BCUT2D eigenvalue weighted by Crippen LogP contribution is 2.33. The van der Waals surface area contributed by atoms with E-state index in [-0.39, 0.29) is 10.8 Å². The maximum absolute atomic E-state index is 13.1. The zero-order valence-electron chi connectivity index (χ0n) is 19.7. The van der Waals surface area contributed by atoms with Crippen molar-refractivity contribution in [2.24, 2.45) is 0 Å². The van der Waals surface area contributed by atoms with E-state index >= 15 is 0 Å². The number of hydrogen-bond acceptors (Lipinski definition) is 4. The number of rotatable bonds is 8. The van der Waals surface area contributed by atoms with Crippen LogP contribution in [-0.2, 0) is 10.0 Å². The lowest BCUT2D eigenvalue weighted by atomic mass is 10.0. The first-order chi connectivity index (χ1) is 16.4. The minimum Gasteiger partial charge on any atom is -0.370 e. The summed E-state index contributed by atoms with van der Waals surface area (Å²) in [7, 11) is -3.64. The third kappa shape index (κ3) is 5.00. The summed E-state index contributed by atoms with van der Waals surface area (Å²) >= 11 is 0. The fourth-order valence-electron chi connectivity index (χ4n) is 4.36. The van der Waals surface area contributed by atoms with Gasteiger partial charge >= 0.3 is 0 Å². The molecule has 1 N–H and O–H groups in total. The van der Waals surface area contributed by atoms with Crippen molar-refractivity contribution in [3.05, 3.63) is 78.4 Å². The molecule has 3 aromatic rings. The Balaban J connectivity index is 1.64. The van der Waals surface area contributed by atoms with E-state index in [1.807, 2.05) is 62.4 Å². The SMILES string of the molecule is CCN(CC)S(=O)(=O)c1ccc(N2CCCC2)c(NC(=O)c2ccc(-c3ccccc3)cc2)c1. The van der Waals surface area contributed by atoms with Gasteiger partial charge in [0.05, 0.1) is 16.3 Å². The van der Waals surface area contributed by atoms with Crippen molar-refractivity contribution in [3.63, 3.8) is 0 Å². The first-order valence-electron chi connectivity index (χ1n) is 11.8. The molecule has 0 atom stereocenters. The van der Waals surface area contributed by atoms with E-state index in [1.54, 1.807) is 24.3 Å². The molecule has 1 aliphatic heterocycles. The van der Waals surface area contributed by atoms with Gasteiger partial charge in [0, 0.05) is 31.7 Å². The Morgan fingerprint density at radius 2 is 1.50 bits per heavy atom. The molecule has 0 aromatic heterocycles. The number of hydrogen-bond donors (Lipinski definition) is 1. The summed E-state index contributed by atoms with van der Waals surface area (Å²) in [5.41, 5.74) is 4.00. The van der Waals surface area contributed by atoms with Gasteiger partial charge in [0.1, 0.15) is 0 Å². The molecule has 1 saturated heterocycles. The Morgan fingerprint density at radius 1 is 0.882 bits per heavy atom. The molecule has 7 heteroatoms. The molecule has 34 heavy (non-hydrogen) atoms. The largest absolute Gasteiger partial charge is 0.370 e. The van der Waals surface area contributed by atoms with Gasteiger partial charge in [-0.1, -0.05) is 56.3 Å². The molecule has 3 aromatic carbocycles. The first-order valence-corrected chi connectivity index (χ1v) is 13.2. The quantitative estimate of drug-likeness (QED) is 0.482.